The van der Waals surface area contributed by atoms with E-state index in [9.17, 15) is 14.4 Å². The Bertz CT molecular complexity index is 886. The summed E-state index contributed by atoms with van der Waals surface area (Å²) in [7, 11) is 0. The molecule has 0 aromatic heterocycles. The van der Waals surface area contributed by atoms with Crippen LogP contribution >= 0.6 is 23.2 Å². The molecular formula is C20H27BCl2N3O5-. The van der Waals surface area contributed by atoms with Gasteiger partial charge in [-0.3, -0.25) is 14.4 Å². The minimum Gasteiger partial charge on any atom is -0.651 e. The molecule has 0 spiro atoms. The zero-order valence-corrected chi connectivity index (χ0v) is 19.5. The second-order valence-corrected chi connectivity index (χ2v) is 9.42. The molecule has 3 rings (SSSR count). The monoisotopic (exact) mass is 470 g/mol. The van der Waals surface area contributed by atoms with Gasteiger partial charge >= 0.3 is 6.69 Å². The number of halogens is 2. The average Bonchev–Trinajstić information content (AvgIpc) is 3.16. The first-order valence-corrected chi connectivity index (χ1v) is 11.1. The molecule has 2 heterocycles. The molecule has 1 aromatic carbocycles. The smallest absolute Gasteiger partial charge is 0.396 e. The van der Waals surface area contributed by atoms with Gasteiger partial charge in [0.25, 0.3) is 11.9 Å². The van der Waals surface area contributed by atoms with E-state index in [1.807, 2.05) is 25.6 Å². The van der Waals surface area contributed by atoms with E-state index in [2.05, 4.69) is 10.6 Å². The maximum Gasteiger partial charge on any atom is 0.396 e. The highest BCUT2D eigenvalue weighted by atomic mass is 35.5. The van der Waals surface area contributed by atoms with Gasteiger partial charge < -0.3 is 24.8 Å². The van der Waals surface area contributed by atoms with Crippen LogP contribution in [0.2, 0.25) is 10.0 Å². The van der Waals surface area contributed by atoms with Crippen LogP contribution in [0.25, 0.3) is 0 Å². The van der Waals surface area contributed by atoms with Crippen molar-refractivity contribution in [1.82, 2.24) is 15.4 Å². The molecule has 0 aliphatic carbocycles. The third kappa shape index (κ3) is 4.84. The lowest BCUT2D eigenvalue weighted by atomic mass is 9.59. The van der Waals surface area contributed by atoms with Gasteiger partial charge in [-0.2, -0.15) is 0 Å². The van der Waals surface area contributed by atoms with Crippen LogP contribution in [0.5, 0.6) is 0 Å². The molecule has 2 amide bonds. The van der Waals surface area contributed by atoms with Gasteiger partial charge in [-0.1, -0.05) is 50.4 Å². The highest BCUT2D eigenvalue weighted by molar-refractivity contribution is 6.70. The van der Waals surface area contributed by atoms with E-state index in [-0.39, 0.29) is 35.1 Å². The van der Waals surface area contributed by atoms with Crippen molar-refractivity contribution in [3.8, 4) is 0 Å². The van der Waals surface area contributed by atoms with Crippen LogP contribution < -0.4 is 10.6 Å². The fraction of sp³-hybridized carbons (Fsp3) is 0.550. The SMILES string of the molecule is CC(C)C[C@H](NC(=O)CNC(=O)c1cc(Cl)ccc1Cl)[B-]12OC[C@H](C)N1[C@H](C)C(=O)O2. The molecular weight excluding hydrogens is 444 g/mol. The van der Waals surface area contributed by atoms with Crippen molar-refractivity contribution in [1.29, 1.82) is 0 Å². The zero-order chi connectivity index (χ0) is 22.9. The lowest BCUT2D eigenvalue weighted by molar-refractivity contribution is -0.136. The van der Waals surface area contributed by atoms with Gasteiger partial charge in [-0.05, 0) is 43.0 Å². The summed E-state index contributed by atoms with van der Waals surface area (Å²) >= 11 is 12.0. The topological polar surface area (TPSA) is 97.0 Å². The number of fused-ring (bicyclic) bond motifs is 1. The molecule has 2 fully saturated rings. The molecule has 2 saturated heterocycles. The average molecular weight is 471 g/mol. The second-order valence-electron chi connectivity index (χ2n) is 8.58. The van der Waals surface area contributed by atoms with Crippen molar-refractivity contribution < 1.29 is 23.7 Å². The maximum absolute atomic E-state index is 12.7. The van der Waals surface area contributed by atoms with Gasteiger partial charge in [-0.25, -0.2) is 0 Å². The van der Waals surface area contributed by atoms with Crippen molar-refractivity contribution in [3.05, 3.63) is 33.8 Å². The number of rotatable bonds is 7. The number of hydrogen-bond acceptors (Lipinski definition) is 6. The van der Waals surface area contributed by atoms with Crippen LogP contribution in [0.1, 0.15) is 44.5 Å². The van der Waals surface area contributed by atoms with Crippen LogP contribution in [0.4, 0.5) is 0 Å². The fourth-order valence-corrected chi connectivity index (χ4v) is 4.79. The number of carbonyl (C=O) groups excluding carboxylic acids is 3. The van der Waals surface area contributed by atoms with E-state index >= 15 is 0 Å². The number of hydrogen-bond donors (Lipinski definition) is 2. The fourth-order valence-electron chi connectivity index (χ4n) is 4.41. The number of amides is 2. The summed E-state index contributed by atoms with van der Waals surface area (Å²) in [6.07, 6.45) is 0.545. The highest BCUT2D eigenvalue weighted by Crippen LogP contribution is 2.37. The van der Waals surface area contributed by atoms with Gasteiger partial charge in [0.2, 0.25) is 5.91 Å². The number of carbonyl (C=O) groups is 3. The first-order valence-electron chi connectivity index (χ1n) is 10.4. The molecule has 1 unspecified atom stereocenters. The minimum absolute atomic E-state index is 0.0160. The van der Waals surface area contributed by atoms with E-state index in [0.29, 0.717) is 18.1 Å². The second kappa shape index (κ2) is 9.36. The third-order valence-corrected chi connectivity index (χ3v) is 6.30. The third-order valence-electron chi connectivity index (χ3n) is 5.74. The standard InChI is InChI=1S/C20H27BCl2N3O5/c1-11(2)7-17(21-26(12(3)10-30-21)13(4)20(29)31-21)25-18(27)9-24-19(28)15-8-14(22)5-6-16(15)23/h5-6,8,11-13,17H,7,9-10H2,1-4H3,(H,24,28)(H,25,27)/q-1/t12-,13+,17-,21?/m0/s1. The van der Waals surface area contributed by atoms with Gasteiger partial charge in [0, 0.05) is 11.6 Å². The van der Waals surface area contributed by atoms with Gasteiger partial charge in [0.05, 0.1) is 23.2 Å². The highest BCUT2D eigenvalue weighted by Gasteiger charge is 2.58. The maximum atomic E-state index is 12.7. The van der Waals surface area contributed by atoms with Crippen LogP contribution in [0.3, 0.4) is 0 Å². The molecule has 2 N–H and O–H groups in total. The molecule has 1 aromatic rings. The quantitative estimate of drug-likeness (QED) is 0.594. The van der Waals surface area contributed by atoms with Crippen LogP contribution in [0, 0.1) is 5.92 Å². The summed E-state index contributed by atoms with van der Waals surface area (Å²) in [5, 5.41) is 6.07. The first-order chi connectivity index (χ1) is 14.5. The van der Waals surface area contributed by atoms with Gasteiger partial charge in [-0.15, -0.1) is 0 Å². The van der Waals surface area contributed by atoms with Crippen molar-refractivity contribution in [2.45, 2.75) is 52.1 Å². The predicted octanol–water partition coefficient (Wildman–Crippen LogP) is 2.40. The van der Waals surface area contributed by atoms with Crippen molar-refractivity contribution >= 4 is 47.7 Å². The summed E-state index contributed by atoms with van der Waals surface area (Å²) in [5.41, 5.74) is 0.182. The molecule has 0 saturated carbocycles. The lowest BCUT2D eigenvalue weighted by Crippen LogP contribution is -2.66. The van der Waals surface area contributed by atoms with Crippen molar-refractivity contribution in [3.63, 3.8) is 0 Å². The largest absolute Gasteiger partial charge is 0.651 e. The minimum atomic E-state index is -2.17. The van der Waals surface area contributed by atoms with Crippen LogP contribution in [-0.4, -0.2) is 60.5 Å². The van der Waals surface area contributed by atoms with E-state index in [1.54, 1.807) is 13.0 Å². The van der Waals surface area contributed by atoms with Crippen molar-refractivity contribution in [2.75, 3.05) is 13.2 Å². The molecule has 11 heteroatoms. The van der Waals surface area contributed by atoms with Crippen LogP contribution in [0.15, 0.2) is 18.2 Å². The lowest BCUT2D eigenvalue weighted by Gasteiger charge is -2.45. The Hall–Kier alpha value is -1.81. The van der Waals surface area contributed by atoms with Gasteiger partial charge in [0.15, 0.2) is 0 Å². The molecule has 0 bridgehead atoms. The van der Waals surface area contributed by atoms with E-state index in [1.165, 1.54) is 12.1 Å². The van der Waals surface area contributed by atoms with E-state index in [0.717, 1.165) is 0 Å². The summed E-state index contributed by atoms with van der Waals surface area (Å²) < 4.78 is 11.8. The molecule has 31 heavy (non-hydrogen) atoms. The summed E-state index contributed by atoms with van der Waals surface area (Å²) in [6, 6.07) is 4.06. The molecule has 4 atom stereocenters. The van der Waals surface area contributed by atoms with Crippen molar-refractivity contribution in [2.24, 2.45) is 5.92 Å². The Morgan fingerprint density at radius 2 is 2.00 bits per heavy atom. The molecule has 170 valence electrons. The molecule has 8 nitrogen and oxygen atoms in total. The Kier molecular flexibility index (Phi) is 7.20. The summed E-state index contributed by atoms with van der Waals surface area (Å²) in [6.45, 7) is 5.72. The van der Waals surface area contributed by atoms with Crippen LogP contribution in [-0.2, 0) is 18.9 Å². The summed E-state index contributed by atoms with van der Waals surface area (Å²) in [4.78, 5) is 39.4. The molecule has 2 aliphatic heterocycles. The predicted molar refractivity (Wildman–Crippen MR) is 119 cm³/mol. The first kappa shape index (κ1) is 23.8. The molecule has 2 aliphatic rings. The molecule has 0 radical (unpaired) electrons. The number of nitrogens with one attached hydrogen (secondary N) is 2. The zero-order valence-electron chi connectivity index (χ0n) is 18.0. The Balaban J connectivity index is 1.71. The normalized spacial score (nSPS) is 26.5. The number of benzene rings is 1. The van der Waals surface area contributed by atoms with E-state index in [4.69, 9.17) is 32.5 Å². The Labute approximate surface area is 191 Å². The van der Waals surface area contributed by atoms with Gasteiger partial charge in [0.1, 0.15) is 0 Å². The Morgan fingerprint density at radius 3 is 2.68 bits per heavy atom. The van der Waals surface area contributed by atoms with E-state index < -0.39 is 30.5 Å². The Morgan fingerprint density at radius 1 is 1.29 bits per heavy atom. The number of nitrogens with zero attached hydrogens (tertiary/aromatic N) is 1. The summed E-state index contributed by atoms with van der Waals surface area (Å²) in [5.74, 6) is -1.64.